The summed E-state index contributed by atoms with van der Waals surface area (Å²) in [6.45, 7) is 6.18. The molecule has 5 nitrogen and oxygen atoms in total. The number of nitrogen functional groups attached to an aromatic ring is 1. The predicted octanol–water partition coefficient (Wildman–Crippen LogP) is 1.35. The van der Waals surface area contributed by atoms with Gasteiger partial charge in [-0.3, -0.25) is 10.6 Å². The quantitative estimate of drug-likeness (QED) is 0.576. The van der Waals surface area contributed by atoms with Gasteiger partial charge in [0.25, 0.3) is 5.91 Å². The third kappa shape index (κ3) is 3.29. The molecule has 4 N–H and O–H groups in total. The van der Waals surface area contributed by atoms with E-state index in [0.29, 0.717) is 17.2 Å². The molecule has 2 atom stereocenters. The summed E-state index contributed by atoms with van der Waals surface area (Å²) in [7, 11) is 2.12. The zero-order chi connectivity index (χ0) is 14.7. The van der Waals surface area contributed by atoms with E-state index in [1.54, 1.807) is 0 Å². The lowest BCUT2D eigenvalue weighted by Gasteiger charge is -2.35. The zero-order valence-corrected chi connectivity index (χ0v) is 12.4. The Morgan fingerprint density at radius 2 is 2.20 bits per heavy atom. The number of aryl methyl sites for hydroxylation is 1. The Bertz CT molecular complexity index is 489. The molecule has 1 aliphatic rings. The van der Waals surface area contributed by atoms with Crippen molar-refractivity contribution < 1.29 is 4.79 Å². The van der Waals surface area contributed by atoms with Crippen molar-refractivity contribution in [2.75, 3.05) is 25.6 Å². The van der Waals surface area contributed by atoms with Crippen molar-refractivity contribution in [2.24, 2.45) is 11.8 Å². The summed E-state index contributed by atoms with van der Waals surface area (Å²) in [6, 6.07) is 5.86. The minimum absolute atomic E-state index is 0.0527. The second kappa shape index (κ2) is 6.24. The second-order valence-corrected chi connectivity index (χ2v) is 5.80. The SMILES string of the molecule is Cc1ccc(NN)c(C(=O)NC2CCN(C)CC2C)c1. The number of carbonyl (C=O) groups is 1. The topological polar surface area (TPSA) is 70.4 Å². The molecule has 0 radical (unpaired) electrons. The van der Waals surface area contributed by atoms with Crippen LogP contribution in [0.15, 0.2) is 18.2 Å². The summed E-state index contributed by atoms with van der Waals surface area (Å²) in [5.74, 6) is 5.88. The smallest absolute Gasteiger partial charge is 0.253 e. The van der Waals surface area contributed by atoms with E-state index in [0.717, 1.165) is 25.1 Å². The van der Waals surface area contributed by atoms with Gasteiger partial charge in [-0.05, 0) is 45.0 Å². The molecular formula is C15H24N4O. The first-order chi connectivity index (χ1) is 9.51. The van der Waals surface area contributed by atoms with Crippen LogP contribution in [0.1, 0.15) is 29.3 Å². The molecule has 20 heavy (non-hydrogen) atoms. The molecule has 2 unspecified atom stereocenters. The van der Waals surface area contributed by atoms with E-state index in [-0.39, 0.29) is 11.9 Å². The fourth-order valence-electron chi connectivity index (χ4n) is 2.79. The van der Waals surface area contributed by atoms with Crippen molar-refractivity contribution in [1.29, 1.82) is 0 Å². The number of amides is 1. The number of hydrogen-bond acceptors (Lipinski definition) is 4. The highest BCUT2D eigenvalue weighted by Gasteiger charge is 2.26. The van der Waals surface area contributed by atoms with E-state index >= 15 is 0 Å². The van der Waals surface area contributed by atoms with Crippen LogP contribution in [-0.4, -0.2) is 37.0 Å². The summed E-state index contributed by atoms with van der Waals surface area (Å²) >= 11 is 0. The second-order valence-electron chi connectivity index (χ2n) is 5.80. The first-order valence-corrected chi connectivity index (χ1v) is 7.08. The molecule has 0 bridgehead atoms. The average Bonchev–Trinajstić information content (AvgIpc) is 2.41. The summed E-state index contributed by atoms with van der Waals surface area (Å²) in [6.07, 6.45) is 0.987. The fourth-order valence-corrected chi connectivity index (χ4v) is 2.79. The number of piperidine rings is 1. The van der Waals surface area contributed by atoms with E-state index in [9.17, 15) is 4.79 Å². The number of nitrogens with two attached hydrogens (primary N) is 1. The monoisotopic (exact) mass is 276 g/mol. The predicted molar refractivity (Wildman–Crippen MR) is 81.5 cm³/mol. The maximum Gasteiger partial charge on any atom is 0.253 e. The lowest BCUT2D eigenvalue weighted by molar-refractivity contribution is 0.0884. The molecule has 0 aliphatic carbocycles. The van der Waals surface area contributed by atoms with Gasteiger partial charge in [-0.15, -0.1) is 0 Å². The normalized spacial score (nSPS) is 23.4. The number of hydrazine groups is 1. The number of likely N-dealkylation sites (tertiary alicyclic amines) is 1. The standard InChI is InChI=1S/C15H24N4O/c1-10-4-5-14(18-16)12(8-10)15(20)17-13-6-7-19(3)9-11(13)2/h4-5,8,11,13,18H,6-7,9,16H2,1-3H3,(H,17,20). The molecule has 0 aromatic heterocycles. The molecule has 1 saturated heterocycles. The molecule has 0 spiro atoms. The van der Waals surface area contributed by atoms with E-state index < -0.39 is 0 Å². The first-order valence-electron chi connectivity index (χ1n) is 7.08. The Morgan fingerprint density at radius 3 is 2.85 bits per heavy atom. The summed E-state index contributed by atoms with van der Waals surface area (Å²) < 4.78 is 0. The highest BCUT2D eigenvalue weighted by molar-refractivity contribution is 5.99. The molecule has 1 fully saturated rings. The highest BCUT2D eigenvalue weighted by atomic mass is 16.1. The van der Waals surface area contributed by atoms with Gasteiger partial charge < -0.3 is 15.6 Å². The largest absolute Gasteiger partial charge is 0.349 e. The summed E-state index contributed by atoms with van der Waals surface area (Å²) in [5, 5.41) is 3.15. The van der Waals surface area contributed by atoms with Crippen LogP contribution in [0.5, 0.6) is 0 Å². The molecule has 1 aromatic carbocycles. The number of carbonyl (C=O) groups excluding carboxylic acids is 1. The molecule has 5 heteroatoms. The van der Waals surface area contributed by atoms with Crippen LogP contribution < -0.4 is 16.6 Å². The first kappa shape index (κ1) is 14.8. The number of benzene rings is 1. The third-order valence-corrected chi connectivity index (χ3v) is 4.00. The Hall–Kier alpha value is -1.59. The number of nitrogens with zero attached hydrogens (tertiary/aromatic N) is 1. The van der Waals surface area contributed by atoms with Crippen molar-refractivity contribution in [3.63, 3.8) is 0 Å². The maximum atomic E-state index is 12.5. The van der Waals surface area contributed by atoms with Crippen LogP contribution in [0.2, 0.25) is 0 Å². The van der Waals surface area contributed by atoms with E-state index in [1.165, 1.54) is 0 Å². The van der Waals surface area contributed by atoms with Crippen LogP contribution >= 0.6 is 0 Å². The van der Waals surface area contributed by atoms with Gasteiger partial charge in [-0.2, -0.15) is 0 Å². The van der Waals surface area contributed by atoms with Gasteiger partial charge in [-0.25, -0.2) is 0 Å². The minimum Gasteiger partial charge on any atom is -0.349 e. The average molecular weight is 276 g/mol. The van der Waals surface area contributed by atoms with Crippen LogP contribution in [0.3, 0.4) is 0 Å². The van der Waals surface area contributed by atoms with E-state index in [1.807, 2.05) is 25.1 Å². The number of hydrogen-bond donors (Lipinski definition) is 3. The summed E-state index contributed by atoms with van der Waals surface area (Å²) in [4.78, 5) is 14.8. The Kier molecular flexibility index (Phi) is 4.62. The van der Waals surface area contributed by atoms with Gasteiger partial charge in [0.1, 0.15) is 0 Å². The van der Waals surface area contributed by atoms with Gasteiger partial charge in [0, 0.05) is 12.6 Å². The molecule has 1 aromatic rings. The van der Waals surface area contributed by atoms with Gasteiger partial charge in [0.05, 0.1) is 11.3 Å². The molecule has 1 aliphatic heterocycles. The Balaban J connectivity index is 2.10. The number of nitrogens with one attached hydrogen (secondary N) is 2. The summed E-state index contributed by atoms with van der Waals surface area (Å²) in [5.41, 5.74) is 4.91. The number of anilines is 1. The highest BCUT2D eigenvalue weighted by Crippen LogP contribution is 2.19. The number of rotatable bonds is 3. The van der Waals surface area contributed by atoms with Crippen LogP contribution in [-0.2, 0) is 0 Å². The lowest BCUT2D eigenvalue weighted by atomic mass is 9.94. The zero-order valence-electron chi connectivity index (χ0n) is 12.4. The third-order valence-electron chi connectivity index (χ3n) is 4.00. The van der Waals surface area contributed by atoms with Crippen LogP contribution in [0.4, 0.5) is 5.69 Å². The Morgan fingerprint density at radius 1 is 1.45 bits per heavy atom. The molecule has 1 heterocycles. The molecule has 1 amide bonds. The molecule has 0 saturated carbocycles. The van der Waals surface area contributed by atoms with Gasteiger partial charge in [0.15, 0.2) is 0 Å². The van der Waals surface area contributed by atoms with Crippen molar-refractivity contribution in [3.05, 3.63) is 29.3 Å². The molecule has 110 valence electrons. The van der Waals surface area contributed by atoms with Crippen LogP contribution in [0.25, 0.3) is 0 Å². The maximum absolute atomic E-state index is 12.5. The molecule has 2 rings (SSSR count). The van der Waals surface area contributed by atoms with E-state index in [2.05, 4.69) is 29.6 Å². The van der Waals surface area contributed by atoms with Crippen molar-refractivity contribution in [2.45, 2.75) is 26.3 Å². The van der Waals surface area contributed by atoms with Crippen molar-refractivity contribution in [1.82, 2.24) is 10.2 Å². The van der Waals surface area contributed by atoms with Gasteiger partial charge in [-0.1, -0.05) is 18.6 Å². The fraction of sp³-hybridized carbons (Fsp3) is 0.533. The minimum atomic E-state index is -0.0527. The van der Waals surface area contributed by atoms with Crippen molar-refractivity contribution in [3.8, 4) is 0 Å². The molecular weight excluding hydrogens is 252 g/mol. The van der Waals surface area contributed by atoms with Gasteiger partial charge in [0.2, 0.25) is 0 Å². The van der Waals surface area contributed by atoms with E-state index in [4.69, 9.17) is 5.84 Å². The van der Waals surface area contributed by atoms with Crippen molar-refractivity contribution >= 4 is 11.6 Å². The van der Waals surface area contributed by atoms with Crippen LogP contribution in [0, 0.1) is 12.8 Å². The van der Waals surface area contributed by atoms with Gasteiger partial charge >= 0.3 is 0 Å². The Labute approximate surface area is 120 Å². The lowest BCUT2D eigenvalue weighted by Crippen LogP contribution is -2.49.